The van der Waals surface area contributed by atoms with Crippen molar-refractivity contribution in [2.24, 2.45) is 0 Å². The van der Waals surface area contributed by atoms with Gasteiger partial charge in [0, 0.05) is 17.8 Å². The van der Waals surface area contributed by atoms with E-state index in [1.54, 1.807) is 48.9 Å². The number of furan rings is 1. The van der Waals surface area contributed by atoms with Crippen LogP contribution in [0.2, 0.25) is 0 Å². The van der Waals surface area contributed by atoms with Gasteiger partial charge in [-0.2, -0.15) is 0 Å². The normalized spacial score (nSPS) is 10.5. The molecule has 0 radical (unpaired) electrons. The minimum atomic E-state index is -0.460. The number of pyridine rings is 2. The predicted octanol–water partition coefficient (Wildman–Crippen LogP) is 2.96. The first kappa shape index (κ1) is 16.5. The molecule has 0 fully saturated rings. The number of hydrogen-bond acceptors (Lipinski definition) is 5. The number of hydrazine groups is 1. The monoisotopic (exact) mass is 358 g/mol. The number of rotatable bonds is 3. The Morgan fingerprint density at radius 2 is 1.78 bits per heavy atom. The number of para-hydroxylation sites is 1. The van der Waals surface area contributed by atoms with Crippen molar-refractivity contribution in [3.05, 3.63) is 84.4 Å². The molecule has 0 saturated carbocycles. The highest BCUT2D eigenvalue weighted by Crippen LogP contribution is 2.25. The van der Waals surface area contributed by atoms with Crippen molar-refractivity contribution in [1.29, 1.82) is 0 Å². The molecule has 132 valence electrons. The molecule has 3 heterocycles. The topological polar surface area (TPSA) is 97.1 Å². The summed E-state index contributed by atoms with van der Waals surface area (Å²) < 4.78 is 5.39. The summed E-state index contributed by atoms with van der Waals surface area (Å²) in [6.07, 6.45) is 4.52. The summed E-state index contributed by atoms with van der Waals surface area (Å²) in [5, 5.41) is 0.668. The third-order valence-corrected chi connectivity index (χ3v) is 3.95. The zero-order chi connectivity index (χ0) is 18.6. The standard InChI is InChI=1S/C20H14N4O3/c25-19(13-5-3-9-21-12-13)23-24-20(26)15-11-17(18-8-4-10-27-18)22-16-7-2-1-6-14(15)16/h1-12H,(H,23,25)(H,24,26). The van der Waals surface area contributed by atoms with Gasteiger partial charge in [0.2, 0.25) is 0 Å². The minimum Gasteiger partial charge on any atom is -0.463 e. The summed E-state index contributed by atoms with van der Waals surface area (Å²) in [6, 6.07) is 15.7. The third kappa shape index (κ3) is 3.38. The molecular formula is C20H14N4O3. The lowest BCUT2D eigenvalue weighted by atomic mass is 10.1. The average Bonchev–Trinajstić information content (AvgIpc) is 3.26. The average molecular weight is 358 g/mol. The van der Waals surface area contributed by atoms with Gasteiger partial charge in [0.25, 0.3) is 11.8 Å². The molecule has 2 amide bonds. The quantitative estimate of drug-likeness (QED) is 0.549. The molecule has 0 aliphatic heterocycles. The molecule has 4 aromatic rings. The number of aromatic nitrogens is 2. The van der Waals surface area contributed by atoms with E-state index in [9.17, 15) is 9.59 Å². The smallest absolute Gasteiger partial charge is 0.271 e. The molecule has 7 nitrogen and oxygen atoms in total. The van der Waals surface area contributed by atoms with E-state index in [-0.39, 0.29) is 0 Å². The molecule has 4 rings (SSSR count). The van der Waals surface area contributed by atoms with Gasteiger partial charge in [-0.1, -0.05) is 18.2 Å². The maximum absolute atomic E-state index is 12.7. The molecule has 0 aliphatic rings. The summed E-state index contributed by atoms with van der Waals surface area (Å²) in [7, 11) is 0. The van der Waals surface area contributed by atoms with Gasteiger partial charge in [0.15, 0.2) is 5.76 Å². The summed E-state index contributed by atoms with van der Waals surface area (Å²) >= 11 is 0. The first-order valence-electron chi connectivity index (χ1n) is 8.17. The second kappa shape index (κ2) is 7.09. The number of fused-ring (bicyclic) bond motifs is 1. The van der Waals surface area contributed by atoms with E-state index < -0.39 is 11.8 Å². The van der Waals surface area contributed by atoms with Crippen molar-refractivity contribution < 1.29 is 14.0 Å². The molecule has 0 spiro atoms. The van der Waals surface area contributed by atoms with Gasteiger partial charge >= 0.3 is 0 Å². The molecule has 27 heavy (non-hydrogen) atoms. The number of amides is 2. The third-order valence-electron chi connectivity index (χ3n) is 3.95. The maximum atomic E-state index is 12.7. The number of benzene rings is 1. The number of carbonyl (C=O) groups is 2. The molecule has 0 aliphatic carbocycles. The van der Waals surface area contributed by atoms with Crippen LogP contribution in [0.3, 0.4) is 0 Å². The fraction of sp³-hybridized carbons (Fsp3) is 0. The molecule has 0 bridgehead atoms. The molecule has 0 unspecified atom stereocenters. The van der Waals surface area contributed by atoms with E-state index >= 15 is 0 Å². The van der Waals surface area contributed by atoms with Gasteiger partial charge < -0.3 is 4.42 Å². The number of nitrogens with zero attached hydrogens (tertiary/aromatic N) is 2. The zero-order valence-electron chi connectivity index (χ0n) is 14.0. The first-order chi connectivity index (χ1) is 13.2. The van der Waals surface area contributed by atoms with Gasteiger partial charge in [-0.3, -0.25) is 25.4 Å². The van der Waals surface area contributed by atoms with E-state index in [0.717, 1.165) is 0 Å². The molecule has 2 N–H and O–H groups in total. The summed E-state index contributed by atoms with van der Waals surface area (Å²) in [5.74, 6) is -0.367. The summed E-state index contributed by atoms with van der Waals surface area (Å²) in [5.41, 5.74) is 6.72. The van der Waals surface area contributed by atoms with Crippen LogP contribution in [0.15, 0.2) is 77.7 Å². The Kier molecular flexibility index (Phi) is 4.32. The summed E-state index contributed by atoms with van der Waals surface area (Å²) in [6.45, 7) is 0. The number of carbonyl (C=O) groups excluding carboxylic acids is 2. The van der Waals surface area contributed by atoms with E-state index in [0.29, 0.717) is 33.5 Å². The van der Waals surface area contributed by atoms with Crippen LogP contribution >= 0.6 is 0 Å². The fourth-order valence-electron chi connectivity index (χ4n) is 2.66. The molecular weight excluding hydrogens is 344 g/mol. The molecule has 0 saturated heterocycles. The fourth-order valence-corrected chi connectivity index (χ4v) is 2.66. The lowest BCUT2D eigenvalue weighted by Crippen LogP contribution is -2.41. The number of nitrogens with one attached hydrogen (secondary N) is 2. The van der Waals surface area contributed by atoms with Gasteiger partial charge in [0.1, 0.15) is 5.69 Å². The largest absolute Gasteiger partial charge is 0.463 e. The molecule has 0 atom stereocenters. The van der Waals surface area contributed by atoms with E-state index in [4.69, 9.17) is 4.42 Å². The van der Waals surface area contributed by atoms with Gasteiger partial charge in [0.05, 0.1) is 22.9 Å². The van der Waals surface area contributed by atoms with Crippen LogP contribution in [0.5, 0.6) is 0 Å². The van der Waals surface area contributed by atoms with Gasteiger partial charge in [-0.25, -0.2) is 4.98 Å². The van der Waals surface area contributed by atoms with Crippen molar-refractivity contribution in [2.75, 3.05) is 0 Å². The van der Waals surface area contributed by atoms with Crippen LogP contribution in [-0.2, 0) is 0 Å². The SMILES string of the molecule is O=C(NNC(=O)c1cc(-c2ccco2)nc2ccccc12)c1cccnc1. The Morgan fingerprint density at radius 3 is 2.56 bits per heavy atom. The van der Waals surface area contributed by atoms with Crippen LogP contribution < -0.4 is 10.9 Å². The van der Waals surface area contributed by atoms with E-state index in [2.05, 4.69) is 20.8 Å². The lowest BCUT2D eigenvalue weighted by molar-refractivity contribution is 0.0847. The second-order valence-electron chi connectivity index (χ2n) is 5.70. The van der Waals surface area contributed by atoms with Crippen LogP contribution in [-0.4, -0.2) is 21.8 Å². The highest BCUT2D eigenvalue weighted by atomic mass is 16.3. The van der Waals surface area contributed by atoms with Crippen molar-refractivity contribution in [1.82, 2.24) is 20.8 Å². The first-order valence-corrected chi connectivity index (χ1v) is 8.17. The van der Waals surface area contributed by atoms with Crippen molar-refractivity contribution in [3.63, 3.8) is 0 Å². The highest BCUT2D eigenvalue weighted by molar-refractivity contribution is 6.08. The summed E-state index contributed by atoms with van der Waals surface area (Å²) in [4.78, 5) is 33.2. The van der Waals surface area contributed by atoms with Crippen molar-refractivity contribution in [3.8, 4) is 11.5 Å². The second-order valence-corrected chi connectivity index (χ2v) is 5.70. The van der Waals surface area contributed by atoms with E-state index in [1.807, 2.05) is 18.2 Å². The van der Waals surface area contributed by atoms with Crippen molar-refractivity contribution in [2.45, 2.75) is 0 Å². The van der Waals surface area contributed by atoms with Crippen LogP contribution in [0.25, 0.3) is 22.4 Å². The lowest BCUT2D eigenvalue weighted by Gasteiger charge is -2.10. The van der Waals surface area contributed by atoms with Crippen LogP contribution in [0.1, 0.15) is 20.7 Å². The zero-order valence-corrected chi connectivity index (χ0v) is 14.0. The van der Waals surface area contributed by atoms with Crippen molar-refractivity contribution >= 4 is 22.7 Å². The Bertz CT molecular complexity index is 1110. The Hall–Kier alpha value is -4.00. The Morgan fingerprint density at radius 1 is 0.926 bits per heavy atom. The Labute approximate surface area is 154 Å². The van der Waals surface area contributed by atoms with Crippen LogP contribution in [0, 0.1) is 0 Å². The minimum absolute atomic E-state index is 0.341. The highest BCUT2D eigenvalue weighted by Gasteiger charge is 2.16. The predicted molar refractivity (Wildman–Crippen MR) is 98.6 cm³/mol. The molecule has 7 heteroatoms. The number of hydrogen-bond donors (Lipinski definition) is 2. The van der Waals surface area contributed by atoms with E-state index in [1.165, 1.54) is 6.20 Å². The molecule has 3 aromatic heterocycles. The Balaban J connectivity index is 1.64. The van der Waals surface area contributed by atoms with Gasteiger partial charge in [-0.15, -0.1) is 0 Å². The van der Waals surface area contributed by atoms with Crippen LogP contribution in [0.4, 0.5) is 0 Å². The maximum Gasteiger partial charge on any atom is 0.271 e. The van der Waals surface area contributed by atoms with Gasteiger partial charge in [-0.05, 0) is 36.4 Å². The molecule has 1 aromatic carbocycles.